The fourth-order valence-electron chi connectivity index (χ4n) is 2.88. The number of hydrogen-bond acceptors (Lipinski definition) is 3. The van der Waals surface area contributed by atoms with Crippen molar-refractivity contribution in [1.29, 1.82) is 0 Å². The van der Waals surface area contributed by atoms with E-state index in [0.29, 0.717) is 16.9 Å². The summed E-state index contributed by atoms with van der Waals surface area (Å²) < 4.78 is 0. The van der Waals surface area contributed by atoms with Crippen molar-refractivity contribution >= 4 is 11.6 Å². The van der Waals surface area contributed by atoms with Gasteiger partial charge >= 0.3 is 0 Å². The van der Waals surface area contributed by atoms with E-state index in [9.17, 15) is 0 Å². The first-order valence-corrected chi connectivity index (χ1v) is 7.27. The molecule has 20 heavy (non-hydrogen) atoms. The quantitative estimate of drug-likeness (QED) is 0.657. The Balaban J connectivity index is 1.69. The second-order valence-corrected chi connectivity index (χ2v) is 5.77. The molecule has 0 spiro atoms. The van der Waals surface area contributed by atoms with Gasteiger partial charge in [-0.05, 0) is 41.9 Å². The van der Waals surface area contributed by atoms with Crippen molar-refractivity contribution in [1.82, 2.24) is 10.4 Å². The van der Waals surface area contributed by atoms with Gasteiger partial charge in [-0.3, -0.25) is 16.3 Å². The van der Waals surface area contributed by atoms with Gasteiger partial charge in [0.05, 0.1) is 5.02 Å². The van der Waals surface area contributed by atoms with E-state index in [1.54, 1.807) is 12.4 Å². The monoisotopic (exact) mass is 287 g/mol. The van der Waals surface area contributed by atoms with Crippen molar-refractivity contribution < 1.29 is 0 Å². The molecule has 0 saturated heterocycles. The standard InChI is InChI=1S/C16H18ClN3/c17-15-10-19-7-6-12(15)8-16(20-18)14-9-13(14)11-4-2-1-3-5-11/h1-7,10,13-14,16,20H,8-9,18H2. The fourth-order valence-corrected chi connectivity index (χ4v) is 3.08. The summed E-state index contributed by atoms with van der Waals surface area (Å²) in [6, 6.07) is 12.8. The van der Waals surface area contributed by atoms with Crippen molar-refractivity contribution in [2.75, 3.05) is 0 Å². The largest absolute Gasteiger partial charge is 0.271 e. The Kier molecular flexibility index (Phi) is 4.01. The zero-order valence-corrected chi connectivity index (χ0v) is 11.9. The third kappa shape index (κ3) is 2.85. The van der Waals surface area contributed by atoms with E-state index in [0.717, 1.165) is 12.0 Å². The lowest BCUT2D eigenvalue weighted by Crippen LogP contribution is -2.39. The van der Waals surface area contributed by atoms with E-state index in [1.807, 2.05) is 6.07 Å². The minimum absolute atomic E-state index is 0.250. The summed E-state index contributed by atoms with van der Waals surface area (Å²) in [5.74, 6) is 6.93. The Labute approximate surface area is 124 Å². The number of rotatable bonds is 5. The topological polar surface area (TPSA) is 50.9 Å². The molecule has 1 aliphatic rings. The van der Waals surface area contributed by atoms with E-state index in [2.05, 4.69) is 40.7 Å². The van der Waals surface area contributed by atoms with E-state index in [-0.39, 0.29) is 6.04 Å². The van der Waals surface area contributed by atoms with E-state index < -0.39 is 0 Å². The van der Waals surface area contributed by atoms with Crippen LogP contribution in [0.15, 0.2) is 48.8 Å². The molecule has 3 N–H and O–H groups in total. The Morgan fingerprint density at radius 1 is 1.30 bits per heavy atom. The van der Waals surface area contributed by atoms with Crippen LogP contribution in [0.25, 0.3) is 0 Å². The summed E-state index contributed by atoms with van der Waals surface area (Å²) in [4.78, 5) is 4.02. The predicted molar refractivity (Wildman–Crippen MR) is 81.4 cm³/mol. The van der Waals surface area contributed by atoms with Gasteiger partial charge in [0.15, 0.2) is 0 Å². The first kappa shape index (κ1) is 13.6. The molecule has 104 valence electrons. The van der Waals surface area contributed by atoms with Gasteiger partial charge in [0.2, 0.25) is 0 Å². The molecular formula is C16H18ClN3. The van der Waals surface area contributed by atoms with Crippen LogP contribution in [0.1, 0.15) is 23.5 Å². The summed E-state index contributed by atoms with van der Waals surface area (Å²) in [5.41, 5.74) is 5.46. The number of hydrogen-bond donors (Lipinski definition) is 2. The molecule has 1 saturated carbocycles. The SMILES string of the molecule is NNC(Cc1ccncc1Cl)C1CC1c1ccccc1. The highest BCUT2D eigenvalue weighted by molar-refractivity contribution is 6.31. The third-order valence-corrected chi connectivity index (χ3v) is 4.44. The van der Waals surface area contributed by atoms with E-state index >= 15 is 0 Å². The van der Waals surface area contributed by atoms with Gasteiger partial charge in [0, 0.05) is 18.4 Å². The summed E-state index contributed by atoms with van der Waals surface area (Å²) >= 11 is 6.17. The highest BCUT2D eigenvalue weighted by Crippen LogP contribution is 2.50. The van der Waals surface area contributed by atoms with Crippen molar-refractivity contribution in [3.8, 4) is 0 Å². The number of aromatic nitrogens is 1. The lowest BCUT2D eigenvalue weighted by Gasteiger charge is -2.16. The van der Waals surface area contributed by atoms with Crippen molar-refractivity contribution in [2.24, 2.45) is 11.8 Å². The molecule has 1 aromatic heterocycles. The van der Waals surface area contributed by atoms with Crippen LogP contribution in [-0.4, -0.2) is 11.0 Å². The first-order chi connectivity index (χ1) is 9.79. The first-order valence-electron chi connectivity index (χ1n) is 6.89. The maximum Gasteiger partial charge on any atom is 0.0621 e. The second kappa shape index (κ2) is 5.92. The number of nitrogens with zero attached hydrogens (tertiary/aromatic N) is 1. The lowest BCUT2D eigenvalue weighted by atomic mass is 10.00. The van der Waals surface area contributed by atoms with Gasteiger partial charge in [-0.15, -0.1) is 0 Å². The number of nitrogens with one attached hydrogen (secondary N) is 1. The smallest absolute Gasteiger partial charge is 0.0621 e. The van der Waals surface area contributed by atoms with Crippen molar-refractivity contribution in [3.05, 3.63) is 64.9 Å². The molecule has 0 bridgehead atoms. The zero-order valence-electron chi connectivity index (χ0n) is 11.2. The summed E-state index contributed by atoms with van der Waals surface area (Å²) in [7, 11) is 0. The lowest BCUT2D eigenvalue weighted by molar-refractivity contribution is 0.464. The predicted octanol–water partition coefficient (Wildman–Crippen LogP) is 2.91. The maximum atomic E-state index is 6.17. The minimum atomic E-state index is 0.250. The average molecular weight is 288 g/mol. The molecule has 1 heterocycles. The molecule has 0 amide bonds. The van der Waals surface area contributed by atoms with Crippen LogP contribution in [-0.2, 0) is 6.42 Å². The Hall–Kier alpha value is -1.42. The molecule has 3 atom stereocenters. The van der Waals surface area contributed by atoms with Crippen molar-refractivity contribution in [3.63, 3.8) is 0 Å². The summed E-state index contributed by atoms with van der Waals surface area (Å²) in [6.07, 6.45) is 5.48. The molecule has 3 unspecified atom stereocenters. The van der Waals surface area contributed by atoms with Crippen molar-refractivity contribution in [2.45, 2.75) is 24.8 Å². The number of benzene rings is 1. The van der Waals surface area contributed by atoms with Gasteiger partial charge in [-0.25, -0.2) is 0 Å². The highest BCUT2D eigenvalue weighted by atomic mass is 35.5. The molecular weight excluding hydrogens is 270 g/mol. The molecule has 1 aliphatic carbocycles. The van der Waals surface area contributed by atoms with Crippen LogP contribution >= 0.6 is 11.6 Å². The molecule has 0 radical (unpaired) electrons. The Morgan fingerprint density at radius 2 is 2.10 bits per heavy atom. The number of nitrogens with two attached hydrogens (primary N) is 1. The maximum absolute atomic E-state index is 6.17. The zero-order chi connectivity index (χ0) is 13.9. The van der Waals surface area contributed by atoms with Crippen LogP contribution in [0.2, 0.25) is 5.02 Å². The Morgan fingerprint density at radius 3 is 2.80 bits per heavy atom. The molecule has 3 nitrogen and oxygen atoms in total. The third-order valence-electron chi connectivity index (χ3n) is 4.09. The van der Waals surface area contributed by atoms with Gasteiger partial charge in [-0.2, -0.15) is 0 Å². The van der Waals surface area contributed by atoms with Gasteiger partial charge in [0.25, 0.3) is 0 Å². The Bertz CT molecular complexity index is 573. The highest BCUT2D eigenvalue weighted by Gasteiger charge is 2.43. The molecule has 2 aromatic rings. The molecule has 1 aromatic carbocycles. The van der Waals surface area contributed by atoms with Crippen LogP contribution in [0.4, 0.5) is 0 Å². The second-order valence-electron chi connectivity index (χ2n) is 5.36. The summed E-state index contributed by atoms with van der Waals surface area (Å²) in [6.45, 7) is 0. The van der Waals surface area contributed by atoms with Crippen LogP contribution in [0, 0.1) is 5.92 Å². The molecule has 1 fully saturated rings. The van der Waals surface area contributed by atoms with Crippen LogP contribution < -0.4 is 11.3 Å². The normalized spacial score (nSPS) is 22.5. The van der Waals surface area contributed by atoms with Gasteiger partial charge in [0.1, 0.15) is 0 Å². The van der Waals surface area contributed by atoms with Gasteiger partial charge in [-0.1, -0.05) is 41.9 Å². The average Bonchev–Trinajstić information content (AvgIpc) is 3.28. The number of halogens is 1. The molecule has 4 heteroatoms. The number of hydrazine groups is 1. The summed E-state index contributed by atoms with van der Waals surface area (Å²) in [5, 5.41) is 0.713. The van der Waals surface area contributed by atoms with Crippen LogP contribution in [0.3, 0.4) is 0 Å². The molecule has 0 aliphatic heterocycles. The van der Waals surface area contributed by atoms with E-state index in [4.69, 9.17) is 17.4 Å². The molecule has 3 rings (SSSR count). The number of pyridine rings is 1. The fraction of sp³-hybridized carbons (Fsp3) is 0.312. The minimum Gasteiger partial charge on any atom is -0.271 e. The van der Waals surface area contributed by atoms with E-state index in [1.165, 1.54) is 12.0 Å². The van der Waals surface area contributed by atoms with Gasteiger partial charge < -0.3 is 0 Å². The van der Waals surface area contributed by atoms with Crippen LogP contribution in [0.5, 0.6) is 0 Å².